The lowest BCUT2D eigenvalue weighted by atomic mass is 9.80. The van der Waals surface area contributed by atoms with Crippen molar-refractivity contribution in [2.24, 2.45) is 11.1 Å². The fraction of sp³-hybridized carbons (Fsp3) is 0.579. The van der Waals surface area contributed by atoms with Gasteiger partial charge in [0.05, 0.1) is 0 Å². The molecule has 0 spiro atoms. The monoisotopic (exact) mass is 455 g/mol. The number of β-lactam (4-membered cyclic amide) rings is 1. The average molecular weight is 456 g/mol. The highest BCUT2D eigenvalue weighted by Crippen LogP contribution is 2.48. The number of ether oxygens (including phenoxy) is 1. The number of hydrogen-bond acceptors (Lipinski definition) is 8. The van der Waals surface area contributed by atoms with E-state index in [1.54, 1.807) is 17.5 Å². The van der Waals surface area contributed by atoms with Gasteiger partial charge in [0.15, 0.2) is 11.2 Å². The van der Waals surface area contributed by atoms with Gasteiger partial charge in [-0.3, -0.25) is 19.2 Å². The number of aliphatic carboxylic acids is 1. The first-order valence-electron chi connectivity index (χ1n) is 9.59. The first kappa shape index (κ1) is 22.7. The number of nitrogens with two attached hydrogens (primary N) is 1. The molecule has 1 aromatic rings. The predicted octanol–water partition coefficient (Wildman–Crippen LogP) is 0.952. The topological polar surface area (TPSA) is 139 Å². The van der Waals surface area contributed by atoms with E-state index >= 15 is 0 Å². The molecule has 3 rings (SSSR count). The summed E-state index contributed by atoms with van der Waals surface area (Å²) in [5.41, 5.74) is 2.71. The van der Waals surface area contributed by atoms with Crippen molar-refractivity contribution in [1.29, 1.82) is 0 Å². The number of hydrogen-bond donors (Lipinski definition) is 3. The van der Waals surface area contributed by atoms with Crippen LogP contribution in [-0.2, 0) is 23.9 Å². The van der Waals surface area contributed by atoms with Gasteiger partial charge in [-0.2, -0.15) is 0 Å². The van der Waals surface area contributed by atoms with Crippen molar-refractivity contribution in [2.45, 2.75) is 43.3 Å². The van der Waals surface area contributed by atoms with Crippen molar-refractivity contribution in [3.05, 3.63) is 22.4 Å². The van der Waals surface area contributed by atoms with E-state index in [2.05, 4.69) is 5.32 Å². The Hall–Kier alpha value is -1.95. The maximum absolute atomic E-state index is 13.0. The maximum atomic E-state index is 13.0. The Bertz CT molecular complexity index is 847. The zero-order chi connectivity index (χ0) is 22.1. The summed E-state index contributed by atoms with van der Waals surface area (Å²) in [6, 6.07) is 2.54. The van der Waals surface area contributed by atoms with Gasteiger partial charge >= 0.3 is 5.97 Å². The van der Waals surface area contributed by atoms with Crippen LogP contribution in [-0.4, -0.2) is 64.1 Å². The Kier molecular flexibility index (Phi) is 6.56. The smallest absolute Gasteiger partial charge is 0.319 e. The van der Waals surface area contributed by atoms with E-state index in [9.17, 15) is 24.3 Å². The lowest BCUT2D eigenvalue weighted by Crippen LogP contribution is -2.83. The molecule has 0 radical (unpaired) electrons. The zero-order valence-electron chi connectivity index (χ0n) is 16.8. The van der Waals surface area contributed by atoms with E-state index in [0.717, 1.165) is 18.2 Å². The second kappa shape index (κ2) is 8.66. The lowest BCUT2D eigenvalue weighted by molar-refractivity contribution is -0.201. The van der Waals surface area contributed by atoms with Crippen LogP contribution in [0.3, 0.4) is 0 Å². The van der Waals surface area contributed by atoms with Crippen LogP contribution in [0.15, 0.2) is 17.5 Å². The first-order chi connectivity index (χ1) is 14.2. The molecule has 0 saturated carbocycles. The van der Waals surface area contributed by atoms with Crippen LogP contribution in [0.4, 0.5) is 0 Å². The highest BCUT2D eigenvalue weighted by molar-refractivity contribution is 8.00. The number of thiophene rings is 1. The summed E-state index contributed by atoms with van der Waals surface area (Å²) in [5, 5.41) is 13.6. The Labute approximate surface area is 182 Å². The molecule has 3 unspecified atom stereocenters. The number of methoxy groups -OCH3 is 1. The van der Waals surface area contributed by atoms with Gasteiger partial charge in [-0.25, -0.2) is 0 Å². The number of nitrogens with zero attached hydrogens (tertiary/aromatic N) is 1. The molecule has 0 aromatic carbocycles. The normalized spacial score (nSPS) is 29.0. The van der Waals surface area contributed by atoms with Crippen molar-refractivity contribution in [2.75, 3.05) is 19.4 Å². The molecular formula is C19H25N3O6S2. The summed E-state index contributed by atoms with van der Waals surface area (Å²) in [6.07, 6.45) is 1.51. The van der Waals surface area contributed by atoms with Crippen LogP contribution in [0.2, 0.25) is 0 Å². The van der Waals surface area contributed by atoms with Gasteiger partial charge < -0.3 is 25.8 Å². The minimum absolute atomic E-state index is 0.00269. The van der Waals surface area contributed by atoms with Crippen molar-refractivity contribution < 1.29 is 29.0 Å². The number of carbonyl (C=O) groups is 4. The molecule has 1 aromatic heterocycles. The summed E-state index contributed by atoms with van der Waals surface area (Å²) in [4.78, 5) is 52.3. The number of amides is 2. The van der Waals surface area contributed by atoms with Crippen LogP contribution in [0, 0.1) is 5.41 Å². The highest BCUT2D eigenvalue weighted by atomic mass is 32.2. The summed E-state index contributed by atoms with van der Waals surface area (Å²) in [7, 11) is 1.30. The number of carbonyl (C=O) groups excluding carboxylic acids is 3. The third kappa shape index (κ3) is 3.53. The Morgan fingerprint density at radius 1 is 1.47 bits per heavy atom. The molecule has 4 N–H and O–H groups in total. The van der Waals surface area contributed by atoms with Crippen molar-refractivity contribution in [1.82, 2.24) is 10.2 Å². The van der Waals surface area contributed by atoms with Gasteiger partial charge in [0.25, 0.3) is 11.6 Å². The van der Waals surface area contributed by atoms with E-state index in [-0.39, 0.29) is 24.5 Å². The number of carboxylic acid groups (broad SMARTS) is 1. The fourth-order valence-electron chi connectivity index (χ4n) is 3.70. The largest absolute Gasteiger partial charge is 0.480 e. The summed E-state index contributed by atoms with van der Waals surface area (Å²) < 4.78 is 5.42. The second-order valence-corrected chi connectivity index (χ2v) is 9.48. The van der Waals surface area contributed by atoms with Crippen LogP contribution < -0.4 is 11.1 Å². The molecule has 0 aliphatic carbocycles. The van der Waals surface area contributed by atoms with Gasteiger partial charge in [0.2, 0.25) is 5.91 Å². The number of thioether (sulfide) groups is 1. The van der Waals surface area contributed by atoms with Gasteiger partial charge in [-0.05, 0) is 17.9 Å². The molecule has 2 amide bonds. The third-order valence-corrected chi connectivity index (χ3v) is 8.12. The number of carboxylic acids is 1. The molecule has 2 aliphatic rings. The molecule has 164 valence electrons. The van der Waals surface area contributed by atoms with Gasteiger partial charge in [0.1, 0.15) is 11.4 Å². The zero-order valence-corrected chi connectivity index (χ0v) is 18.4. The number of rotatable bonds is 9. The highest BCUT2D eigenvalue weighted by Gasteiger charge is 2.68. The molecule has 2 fully saturated rings. The maximum Gasteiger partial charge on any atom is 0.319 e. The molecule has 2 aliphatic heterocycles. The minimum Gasteiger partial charge on any atom is -0.480 e. The molecule has 0 bridgehead atoms. The van der Waals surface area contributed by atoms with E-state index in [4.69, 9.17) is 10.5 Å². The summed E-state index contributed by atoms with van der Waals surface area (Å²) in [5.74, 6) is -2.77. The number of ketones is 1. The Morgan fingerprint density at radius 2 is 2.20 bits per heavy atom. The van der Waals surface area contributed by atoms with Crippen LogP contribution in [0.5, 0.6) is 0 Å². The van der Waals surface area contributed by atoms with Crippen LogP contribution >= 0.6 is 23.1 Å². The quantitative estimate of drug-likeness (QED) is 0.284. The number of fused-ring (bicyclic) bond motifs is 1. The molecular weight excluding hydrogens is 430 g/mol. The van der Waals surface area contributed by atoms with Crippen molar-refractivity contribution in [3.63, 3.8) is 0 Å². The second-order valence-electron chi connectivity index (χ2n) is 7.43. The van der Waals surface area contributed by atoms with E-state index in [1.807, 2.05) is 6.92 Å². The average Bonchev–Trinajstić information content (AvgIpc) is 3.28. The Balaban J connectivity index is 1.77. The SMILES string of the molecule is CCCCC(=O)C1(C(=O)O)CS[C@H]2N(C1)C(=O)C2(NC(=O)C(N)c1cccs1)OC. The molecule has 3 heterocycles. The molecule has 2 saturated heterocycles. The van der Waals surface area contributed by atoms with E-state index in [1.165, 1.54) is 23.3 Å². The number of Topliss-reactive ketones (excluding diaryl/α,β-unsaturated/α-hetero) is 1. The minimum atomic E-state index is -1.65. The van der Waals surface area contributed by atoms with Crippen molar-refractivity contribution in [3.8, 4) is 0 Å². The summed E-state index contributed by atoms with van der Waals surface area (Å²) in [6.45, 7) is 1.68. The van der Waals surface area contributed by atoms with E-state index < -0.39 is 40.3 Å². The summed E-state index contributed by atoms with van der Waals surface area (Å²) >= 11 is 2.45. The molecule has 4 atom stereocenters. The fourth-order valence-corrected chi connectivity index (χ4v) is 6.09. The first-order valence-corrected chi connectivity index (χ1v) is 11.5. The molecule has 30 heavy (non-hydrogen) atoms. The van der Waals surface area contributed by atoms with Gasteiger partial charge in [0, 0.05) is 30.7 Å². The predicted molar refractivity (Wildman–Crippen MR) is 112 cm³/mol. The molecule has 11 heteroatoms. The van der Waals surface area contributed by atoms with Gasteiger partial charge in [-0.1, -0.05) is 19.4 Å². The van der Waals surface area contributed by atoms with E-state index in [0.29, 0.717) is 11.3 Å². The van der Waals surface area contributed by atoms with Crippen LogP contribution in [0.25, 0.3) is 0 Å². The molecule has 9 nitrogen and oxygen atoms in total. The number of unbranched alkanes of at least 4 members (excludes halogenated alkanes) is 1. The third-order valence-electron chi connectivity index (χ3n) is 5.60. The van der Waals surface area contributed by atoms with Gasteiger partial charge in [-0.15, -0.1) is 23.1 Å². The van der Waals surface area contributed by atoms with Crippen LogP contribution in [0.1, 0.15) is 37.1 Å². The van der Waals surface area contributed by atoms with Crippen molar-refractivity contribution >= 4 is 46.7 Å². The standard InChI is InChI=1S/C19H25N3O6S2/c1-3-4-7-12(23)18(17(26)27)9-22-15(25)19(28-2,16(22)30-10-18)21-14(24)13(20)11-6-5-8-29-11/h5-6,8,13,16H,3-4,7,9-10,20H2,1-2H3,(H,21,24)(H,26,27)/t13?,16-,18?,19?/m1/s1. The lowest BCUT2D eigenvalue weighted by Gasteiger charge is -2.58. The Morgan fingerprint density at radius 3 is 2.77 bits per heavy atom. The number of nitrogens with one attached hydrogen (secondary N) is 1.